The first-order valence-corrected chi connectivity index (χ1v) is 7.10. The van der Waals surface area contributed by atoms with E-state index in [1.165, 1.54) is 19.3 Å². The molecule has 18 heavy (non-hydrogen) atoms. The molecule has 0 radical (unpaired) electrons. The van der Waals surface area contributed by atoms with Crippen LogP contribution in [-0.2, 0) is 0 Å². The Balaban J connectivity index is 2.27. The molecule has 1 aliphatic carbocycles. The Kier molecular flexibility index (Phi) is 5.59. The molecule has 0 aromatic carbocycles. The minimum absolute atomic E-state index is 0.346. The summed E-state index contributed by atoms with van der Waals surface area (Å²) in [7, 11) is 6.55. The number of nitrogens with two attached hydrogens (primary N) is 1. The minimum atomic E-state index is -0.698. The maximum atomic E-state index is 9.86. The van der Waals surface area contributed by atoms with E-state index < -0.39 is 5.60 Å². The van der Waals surface area contributed by atoms with Gasteiger partial charge in [0.15, 0.2) is 0 Å². The van der Waals surface area contributed by atoms with Crippen molar-refractivity contribution in [1.29, 1.82) is 0 Å². The fraction of sp³-hybridized carbons (Fsp3) is 1.00. The Morgan fingerprint density at radius 1 is 1.28 bits per heavy atom. The topological polar surface area (TPSA) is 52.7 Å². The minimum Gasteiger partial charge on any atom is -0.389 e. The molecule has 0 saturated heterocycles. The van der Waals surface area contributed by atoms with Crippen LogP contribution in [0.1, 0.15) is 39.0 Å². The maximum Gasteiger partial charge on any atom is 0.0741 e. The average Bonchev–Trinajstić information content (AvgIpc) is 2.22. The molecule has 1 aliphatic rings. The van der Waals surface area contributed by atoms with Crippen molar-refractivity contribution in [1.82, 2.24) is 9.80 Å². The quantitative estimate of drug-likeness (QED) is 0.678. The van der Waals surface area contributed by atoms with Gasteiger partial charge in [0.1, 0.15) is 0 Å². The summed E-state index contributed by atoms with van der Waals surface area (Å²) in [5.74, 6) is 0. The van der Waals surface area contributed by atoms with E-state index >= 15 is 0 Å². The number of hydrogen-bond acceptors (Lipinski definition) is 4. The van der Waals surface area contributed by atoms with Crippen molar-refractivity contribution in [2.75, 3.05) is 40.8 Å². The summed E-state index contributed by atoms with van der Waals surface area (Å²) in [6.45, 7) is 4.33. The highest BCUT2D eigenvalue weighted by molar-refractivity contribution is 4.97. The number of rotatable bonds is 8. The second-order valence-corrected chi connectivity index (χ2v) is 6.51. The van der Waals surface area contributed by atoms with Crippen molar-refractivity contribution in [2.45, 2.75) is 50.2 Å². The Labute approximate surface area is 112 Å². The standard InChI is InChI=1S/C14H31N3O/c1-13(18,11-15)7-6-10-17(4)12-14(16(2)3)8-5-9-14/h18H,5-12,15H2,1-4H3. The predicted molar refractivity (Wildman–Crippen MR) is 76.7 cm³/mol. The van der Waals surface area contributed by atoms with Crippen molar-refractivity contribution >= 4 is 0 Å². The van der Waals surface area contributed by atoms with Gasteiger partial charge in [0.05, 0.1) is 5.60 Å². The largest absolute Gasteiger partial charge is 0.389 e. The zero-order chi connectivity index (χ0) is 13.8. The van der Waals surface area contributed by atoms with E-state index in [1.54, 1.807) is 0 Å². The summed E-state index contributed by atoms with van der Waals surface area (Å²) in [4.78, 5) is 4.77. The van der Waals surface area contributed by atoms with E-state index in [2.05, 4.69) is 30.9 Å². The fourth-order valence-corrected chi connectivity index (χ4v) is 2.74. The van der Waals surface area contributed by atoms with Crippen LogP contribution in [0.2, 0.25) is 0 Å². The van der Waals surface area contributed by atoms with Crippen LogP contribution in [0.5, 0.6) is 0 Å². The molecule has 0 aromatic rings. The van der Waals surface area contributed by atoms with Gasteiger partial charge < -0.3 is 20.6 Å². The fourth-order valence-electron chi connectivity index (χ4n) is 2.74. The number of likely N-dealkylation sites (N-methyl/N-ethyl adjacent to an activating group) is 2. The molecule has 0 bridgehead atoms. The van der Waals surface area contributed by atoms with Gasteiger partial charge in [-0.3, -0.25) is 0 Å². The molecule has 0 aromatic heterocycles. The van der Waals surface area contributed by atoms with E-state index in [1.807, 2.05) is 6.92 Å². The molecule has 1 atom stereocenters. The molecule has 108 valence electrons. The van der Waals surface area contributed by atoms with Gasteiger partial charge in [-0.25, -0.2) is 0 Å². The van der Waals surface area contributed by atoms with E-state index in [-0.39, 0.29) is 0 Å². The van der Waals surface area contributed by atoms with Crippen molar-refractivity contribution < 1.29 is 5.11 Å². The van der Waals surface area contributed by atoms with E-state index in [9.17, 15) is 5.11 Å². The lowest BCUT2D eigenvalue weighted by molar-refractivity contribution is 0.0225. The van der Waals surface area contributed by atoms with Crippen LogP contribution < -0.4 is 5.73 Å². The number of aliphatic hydroxyl groups is 1. The third-order valence-electron chi connectivity index (χ3n) is 4.49. The van der Waals surface area contributed by atoms with Gasteiger partial charge in [-0.05, 0) is 66.7 Å². The van der Waals surface area contributed by atoms with Gasteiger partial charge >= 0.3 is 0 Å². The zero-order valence-corrected chi connectivity index (χ0v) is 12.6. The van der Waals surface area contributed by atoms with Gasteiger partial charge in [0.2, 0.25) is 0 Å². The second kappa shape index (κ2) is 6.33. The molecule has 1 rings (SSSR count). The van der Waals surface area contributed by atoms with Crippen LogP contribution in [0.4, 0.5) is 0 Å². The van der Waals surface area contributed by atoms with Crippen LogP contribution >= 0.6 is 0 Å². The summed E-state index contributed by atoms with van der Waals surface area (Å²) in [5.41, 5.74) is 5.22. The number of hydrogen-bond donors (Lipinski definition) is 2. The molecule has 1 saturated carbocycles. The summed E-state index contributed by atoms with van der Waals surface area (Å²) in [6.07, 6.45) is 5.76. The molecule has 3 N–H and O–H groups in total. The molecule has 0 heterocycles. The van der Waals surface area contributed by atoms with Crippen LogP contribution in [0.3, 0.4) is 0 Å². The Morgan fingerprint density at radius 2 is 1.89 bits per heavy atom. The lowest BCUT2D eigenvalue weighted by Crippen LogP contribution is -2.56. The number of nitrogens with zero attached hydrogens (tertiary/aromatic N) is 2. The van der Waals surface area contributed by atoms with Crippen LogP contribution in [0.25, 0.3) is 0 Å². The summed E-state index contributed by atoms with van der Waals surface area (Å²) < 4.78 is 0. The van der Waals surface area contributed by atoms with Crippen molar-refractivity contribution in [3.63, 3.8) is 0 Å². The molecule has 4 heteroatoms. The molecular weight excluding hydrogens is 226 g/mol. The highest BCUT2D eigenvalue weighted by Crippen LogP contribution is 2.36. The van der Waals surface area contributed by atoms with E-state index in [0.29, 0.717) is 12.1 Å². The van der Waals surface area contributed by atoms with Crippen LogP contribution in [0.15, 0.2) is 0 Å². The van der Waals surface area contributed by atoms with Gasteiger partial charge in [0, 0.05) is 18.6 Å². The molecular formula is C14H31N3O. The Hall–Kier alpha value is -0.160. The van der Waals surface area contributed by atoms with Crippen molar-refractivity contribution in [3.8, 4) is 0 Å². The summed E-state index contributed by atoms with van der Waals surface area (Å²) in [6, 6.07) is 0. The highest BCUT2D eigenvalue weighted by atomic mass is 16.3. The first kappa shape index (κ1) is 15.9. The molecule has 0 amide bonds. The molecule has 0 spiro atoms. The first-order valence-electron chi connectivity index (χ1n) is 7.10. The Morgan fingerprint density at radius 3 is 2.28 bits per heavy atom. The monoisotopic (exact) mass is 257 g/mol. The maximum absolute atomic E-state index is 9.86. The summed E-state index contributed by atoms with van der Waals surface area (Å²) >= 11 is 0. The zero-order valence-electron chi connectivity index (χ0n) is 12.6. The molecule has 1 fully saturated rings. The third kappa shape index (κ3) is 4.19. The van der Waals surface area contributed by atoms with Gasteiger partial charge in [-0.1, -0.05) is 0 Å². The van der Waals surface area contributed by atoms with Gasteiger partial charge in [-0.15, -0.1) is 0 Å². The van der Waals surface area contributed by atoms with Gasteiger partial charge in [0.25, 0.3) is 0 Å². The van der Waals surface area contributed by atoms with Crippen LogP contribution in [-0.4, -0.2) is 66.8 Å². The SMILES string of the molecule is CN(CCCC(C)(O)CN)CC1(N(C)C)CCC1. The normalized spacial score (nSPS) is 22.0. The highest BCUT2D eigenvalue weighted by Gasteiger charge is 2.39. The second-order valence-electron chi connectivity index (χ2n) is 6.51. The predicted octanol–water partition coefficient (Wildman–Crippen LogP) is 0.892. The lowest BCUT2D eigenvalue weighted by atomic mass is 9.75. The smallest absolute Gasteiger partial charge is 0.0741 e. The third-order valence-corrected chi connectivity index (χ3v) is 4.49. The van der Waals surface area contributed by atoms with Crippen molar-refractivity contribution in [3.05, 3.63) is 0 Å². The van der Waals surface area contributed by atoms with Crippen LogP contribution in [0, 0.1) is 0 Å². The average molecular weight is 257 g/mol. The van der Waals surface area contributed by atoms with E-state index in [4.69, 9.17) is 5.73 Å². The summed E-state index contributed by atoms with van der Waals surface area (Å²) in [5, 5.41) is 9.86. The van der Waals surface area contributed by atoms with Gasteiger partial charge in [-0.2, -0.15) is 0 Å². The molecule has 0 aliphatic heterocycles. The van der Waals surface area contributed by atoms with E-state index in [0.717, 1.165) is 25.9 Å². The first-order chi connectivity index (χ1) is 8.31. The Bertz CT molecular complexity index is 249. The molecule has 4 nitrogen and oxygen atoms in total. The van der Waals surface area contributed by atoms with Crippen molar-refractivity contribution in [2.24, 2.45) is 5.73 Å². The lowest BCUT2D eigenvalue weighted by Gasteiger charge is -2.49. The molecule has 1 unspecified atom stereocenters.